The van der Waals surface area contributed by atoms with Gasteiger partial charge in [0.15, 0.2) is 5.82 Å². The first-order chi connectivity index (χ1) is 10.9. The van der Waals surface area contributed by atoms with Crippen molar-refractivity contribution in [2.45, 2.75) is 19.8 Å². The molecule has 7 nitrogen and oxygen atoms in total. The summed E-state index contributed by atoms with van der Waals surface area (Å²) in [5.74, 6) is -0.785. The fourth-order valence-corrected chi connectivity index (χ4v) is 1.90. The molecule has 2 aromatic rings. The van der Waals surface area contributed by atoms with Crippen molar-refractivity contribution >= 4 is 24.1 Å². The molecule has 0 aromatic carbocycles. The molecule has 0 atom stereocenters. The average Bonchev–Trinajstić information content (AvgIpc) is 3.00. The van der Waals surface area contributed by atoms with Crippen molar-refractivity contribution in [3.8, 4) is 0 Å². The van der Waals surface area contributed by atoms with Gasteiger partial charge in [0.2, 0.25) is 5.76 Å². The smallest absolute Gasteiger partial charge is 0.373 e. The van der Waals surface area contributed by atoms with Crippen LogP contribution in [0.3, 0.4) is 0 Å². The number of esters is 1. The van der Waals surface area contributed by atoms with Crippen LogP contribution >= 0.6 is 0 Å². The van der Waals surface area contributed by atoms with Crippen LogP contribution < -0.4 is 0 Å². The molecule has 120 valence electrons. The molecule has 0 aliphatic carbocycles. The summed E-state index contributed by atoms with van der Waals surface area (Å²) < 4.78 is 9.84. The van der Waals surface area contributed by atoms with E-state index < -0.39 is 11.9 Å². The van der Waals surface area contributed by atoms with Gasteiger partial charge in [-0.1, -0.05) is 13.8 Å². The Morgan fingerprint density at radius 2 is 2.04 bits per heavy atom. The largest absolute Gasteiger partial charge is 0.478 e. The van der Waals surface area contributed by atoms with E-state index in [9.17, 15) is 9.59 Å². The van der Waals surface area contributed by atoms with Crippen LogP contribution in [0.15, 0.2) is 22.7 Å². The molecule has 0 radical (unpaired) electrons. The Labute approximate surface area is 132 Å². The first-order valence-electron chi connectivity index (χ1n) is 6.88. The summed E-state index contributed by atoms with van der Waals surface area (Å²) >= 11 is 0. The molecule has 0 spiro atoms. The molecule has 0 amide bonds. The van der Waals surface area contributed by atoms with Gasteiger partial charge in [0.25, 0.3) is 0 Å². The number of carboxylic acids is 1. The minimum absolute atomic E-state index is 0.0502. The van der Waals surface area contributed by atoms with Crippen molar-refractivity contribution in [2.24, 2.45) is 0 Å². The Bertz CT molecular complexity index is 762. The molecular weight excluding hydrogens is 300 g/mol. The maximum absolute atomic E-state index is 11.3. The molecule has 0 saturated carbocycles. The molecular formula is C16H16N2O5. The maximum atomic E-state index is 11.3. The van der Waals surface area contributed by atoms with Crippen molar-refractivity contribution in [1.29, 1.82) is 0 Å². The predicted molar refractivity (Wildman–Crippen MR) is 82.1 cm³/mol. The third kappa shape index (κ3) is 3.82. The number of carbonyl (C=O) groups excluding carboxylic acids is 1. The second kappa shape index (κ2) is 6.87. The lowest BCUT2D eigenvalue weighted by Crippen LogP contribution is -2.08. The lowest BCUT2D eigenvalue weighted by Gasteiger charge is -2.08. The van der Waals surface area contributed by atoms with E-state index >= 15 is 0 Å². The van der Waals surface area contributed by atoms with Crippen LogP contribution in [0, 0.1) is 0 Å². The van der Waals surface area contributed by atoms with Crippen LogP contribution in [0.25, 0.3) is 12.2 Å². The average molecular weight is 316 g/mol. The van der Waals surface area contributed by atoms with E-state index in [1.54, 1.807) is 18.2 Å². The SMILES string of the molecule is COC(=O)c1ccc(/C=C/c2ncc(C(=O)O)c(C(C)C)n2)o1. The van der Waals surface area contributed by atoms with E-state index in [0.29, 0.717) is 17.3 Å². The molecule has 7 heteroatoms. The van der Waals surface area contributed by atoms with Crippen molar-refractivity contribution in [1.82, 2.24) is 9.97 Å². The van der Waals surface area contributed by atoms with E-state index in [0.717, 1.165) is 0 Å². The van der Waals surface area contributed by atoms with E-state index in [4.69, 9.17) is 9.52 Å². The highest BCUT2D eigenvalue weighted by atomic mass is 16.5. The fourth-order valence-electron chi connectivity index (χ4n) is 1.90. The minimum atomic E-state index is -1.06. The van der Waals surface area contributed by atoms with Crippen LogP contribution in [0.5, 0.6) is 0 Å². The van der Waals surface area contributed by atoms with Crippen LogP contribution in [-0.4, -0.2) is 34.1 Å². The maximum Gasteiger partial charge on any atom is 0.373 e. The van der Waals surface area contributed by atoms with Crippen molar-refractivity contribution < 1.29 is 23.8 Å². The molecule has 0 aliphatic heterocycles. The summed E-state index contributed by atoms with van der Waals surface area (Å²) in [5, 5.41) is 9.13. The highest BCUT2D eigenvalue weighted by molar-refractivity contribution is 5.89. The van der Waals surface area contributed by atoms with Gasteiger partial charge in [-0.3, -0.25) is 0 Å². The second-order valence-corrected chi connectivity index (χ2v) is 5.01. The number of carboxylic acid groups (broad SMARTS) is 1. The number of hydrogen-bond acceptors (Lipinski definition) is 6. The molecule has 2 heterocycles. The first kappa shape index (κ1) is 16.4. The third-order valence-corrected chi connectivity index (χ3v) is 3.02. The Morgan fingerprint density at radius 3 is 2.65 bits per heavy atom. The van der Waals surface area contributed by atoms with Crippen LogP contribution in [0.2, 0.25) is 0 Å². The molecule has 0 bridgehead atoms. The normalized spacial score (nSPS) is 11.1. The second-order valence-electron chi connectivity index (χ2n) is 5.01. The number of hydrogen-bond donors (Lipinski definition) is 1. The van der Waals surface area contributed by atoms with Crippen molar-refractivity contribution in [2.75, 3.05) is 7.11 Å². The minimum Gasteiger partial charge on any atom is -0.478 e. The van der Waals surface area contributed by atoms with Gasteiger partial charge in [0.05, 0.1) is 18.4 Å². The molecule has 2 rings (SSSR count). The van der Waals surface area contributed by atoms with Gasteiger partial charge in [0, 0.05) is 6.20 Å². The number of furan rings is 1. The fraction of sp³-hybridized carbons (Fsp3) is 0.250. The molecule has 0 fully saturated rings. The Morgan fingerprint density at radius 1 is 1.30 bits per heavy atom. The lowest BCUT2D eigenvalue weighted by molar-refractivity contribution is 0.0564. The third-order valence-electron chi connectivity index (χ3n) is 3.02. The Hall–Kier alpha value is -2.96. The van der Waals surface area contributed by atoms with Crippen LogP contribution in [0.4, 0.5) is 0 Å². The van der Waals surface area contributed by atoms with Crippen LogP contribution in [-0.2, 0) is 4.74 Å². The van der Waals surface area contributed by atoms with E-state index in [1.807, 2.05) is 13.8 Å². The molecule has 0 saturated heterocycles. The summed E-state index contributed by atoms with van der Waals surface area (Å²) in [6.07, 6.45) is 4.45. The topological polar surface area (TPSA) is 103 Å². The standard InChI is InChI=1S/C16H16N2O5/c1-9(2)14-11(15(19)20)8-17-13(18-14)7-5-10-4-6-12(23-10)16(21)22-3/h4-9H,1-3H3,(H,19,20)/b7-5+. The molecule has 1 N–H and O–H groups in total. The van der Waals surface area contributed by atoms with E-state index in [-0.39, 0.29) is 17.2 Å². The van der Waals surface area contributed by atoms with E-state index in [2.05, 4.69) is 14.7 Å². The van der Waals surface area contributed by atoms with Crippen molar-refractivity contribution in [3.63, 3.8) is 0 Å². The van der Waals surface area contributed by atoms with Crippen molar-refractivity contribution in [3.05, 3.63) is 46.9 Å². The van der Waals surface area contributed by atoms with Gasteiger partial charge in [-0.05, 0) is 30.2 Å². The van der Waals surface area contributed by atoms with Gasteiger partial charge >= 0.3 is 11.9 Å². The lowest BCUT2D eigenvalue weighted by atomic mass is 10.1. The molecule has 23 heavy (non-hydrogen) atoms. The number of rotatable bonds is 5. The van der Waals surface area contributed by atoms with E-state index in [1.165, 1.54) is 19.4 Å². The quantitative estimate of drug-likeness (QED) is 0.846. The van der Waals surface area contributed by atoms with Gasteiger partial charge in [0.1, 0.15) is 5.76 Å². The van der Waals surface area contributed by atoms with Gasteiger partial charge in [-0.15, -0.1) is 0 Å². The molecule has 2 aromatic heterocycles. The number of ether oxygens (including phenoxy) is 1. The zero-order valence-electron chi connectivity index (χ0n) is 12.9. The first-order valence-corrected chi connectivity index (χ1v) is 6.88. The Kier molecular flexibility index (Phi) is 4.90. The summed E-state index contributed by atoms with van der Waals surface area (Å²) in [6.45, 7) is 3.72. The summed E-state index contributed by atoms with van der Waals surface area (Å²) in [6, 6.07) is 3.11. The summed E-state index contributed by atoms with van der Waals surface area (Å²) in [5.41, 5.74) is 0.546. The summed E-state index contributed by atoms with van der Waals surface area (Å²) in [4.78, 5) is 30.7. The number of aromatic carboxylic acids is 1. The number of aromatic nitrogens is 2. The van der Waals surface area contributed by atoms with Gasteiger partial charge in [-0.2, -0.15) is 0 Å². The van der Waals surface area contributed by atoms with Gasteiger partial charge < -0.3 is 14.3 Å². The van der Waals surface area contributed by atoms with Crippen LogP contribution in [0.1, 0.15) is 58.0 Å². The number of nitrogens with zero attached hydrogens (tertiary/aromatic N) is 2. The molecule has 0 unspecified atom stereocenters. The number of methoxy groups -OCH3 is 1. The summed E-state index contributed by atoms with van der Waals surface area (Å²) in [7, 11) is 1.27. The zero-order chi connectivity index (χ0) is 17.0. The predicted octanol–water partition coefficient (Wildman–Crippen LogP) is 2.85. The Balaban J connectivity index is 2.26. The highest BCUT2D eigenvalue weighted by Crippen LogP contribution is 2.18. The monoisotopic (exact) mass is 316 g/mol. The van der Waals surface area contributed by atoms with Gasteiger partial charge in [-0.25, -0.2) is 19.6 Å². The number of carbonyl (C=O) groups is 2. The highest BCUT2D eigenvalue weighted by Gasteiger charge is 2.15. The zero-order valence-corrected chi connectivity index (χ0v) is 12.9. The molecule has 0 aliphatic rings.